The van der Waals surface area contributed by atoms with Crippen LogP contribution >= 0.6 is 15.9 Å². The summed E-state index contributed by atoms with van der Waals surface area (Å²) in [5.41, 5.74) is 1.72. The van der Waals surface area contributed by atoms with Crippen molar-refractivity contribution in [1.82, 2.24) is 15.5 Å². The number of cyclic esters (lactones) is 1. The van der Waals surface area contributed by atoms with Crippen LogP contribution in [0.1, 0.15) is 59.9 Å². The molecule has 2 rings (SSSR count). The van der Waals surface area contributed by atoms with Gasteiger partial charge in [0.15, 0.2) is 0 Å². The number of aromatic hydroxyl groups is 1. The molecule has 0 radical (unpaired) electrons. The van der Waals surface area contributed by atoms with E-state index >= 15 is 0 Å². The largest absolute Gasteiger partial charge is 0.507 e. The SMILES string of the molecule is CC1=C[C@H](C)C[C@H](C)OC(=O)[C@H](C)NC(=O)[C@@H](Cc2ccc(O)c(Br)c2)N(C)C(=O)[C@H](C)NC(=O)[C@@H](C)C1. The summed E-state index contributed by atoms with van der Waals surface area (Å²) >= 11 is 3.27. The number of likely N-dealkylation sites (N-methyl/N-ethyl adjacent to an activating group) is 1. The van der Waals surface area contributed by atoms with Gasteiger partial charge in [0.25, 0.3) is 0 Å². The van der Waals surface area contributed by atoms with Crippen LogP contribution in [-0.4, -0.2) is 65.0 Å². The highest BCUT2D eigenvalue weighted by Crippen LogP contribution is 2.25. The number of halogens is 1. The zero-order valence-corrected chi connectivity index (χ0v) is 24.8. The minimum atomic E-state index is -0.993. The van der Waals surface area contributed by atoms with E-state index in [1.165, 1.54) is 18.0 Å². The number of phenolic OH excluding ortho intramolecular Hbond substituents is 1. The van der Waals surface area contributed by atoms with Gasteiger partial charge in [0.1, 0.15) is 23.9 Å². The maximum Gasteiger partial charge on any atom is 0.328 e. The second kappa shape index (κ2) is 13.8. The molecule has 210 valence electrons. The topological polar surface area (TPSA) is 125 Å². The molecule has 3 amide bonds. The molecule has 1 aliphatic heterocycles. The summed E-state index contributed by atoms with van der Waals surface area (Å²) in [7, 11) is 1.49. The number of allylic oxidation sites excluding steroid dienone is 2. The number of esters is 1. The van der Waals surface area contributed by atoms with Crippen LogP contribution in [0.3, 0.4) is 0 Å². The molecule has 9 nitrogen and oxygen atoms in total. The molecule has 0 bridgehead atoms. The molecular weight excluding hydrogens is 554 g/mol. The predicted molar refractivity (Wildman–Crippen MR) is 148 cm³/mol. The molecule has 0 unspecified atom stereocenters. The van der Waals surface area contributed by atoms with Crippen molar-refractivity contribution < 1.29 is 29.0 Å². The molecule has 1 aromatic rings. The van der Waals surface area contributed by atoms with Crippen LogP contribution in [0, 0.1) is 11.8 Å². The van der Waals surface area contributed by atoms with E-state index in [2.05, 4.69) is 32.6 Å². The predicted octanol–water partition coefficient (Wildman–Crippen LogP) is 3.48. The number of benzene rings is 1. The van der Waals surface area contributed by atoms with Gasteiger partial charge < -0.3 is 25.4 Å². The monoisotopic (exact) mass is 593 g/mol. The summed E-state index contributed by atoms with van der Waals surface area (Å²) in [6.07, 6.45) is 2.92. The Hall–Kier alpha value is -2.88. The lowest BCUT2D eigenvalue weighted by molar-refractivity contribution is -0.153. The van der Waals surface area contributed by atoms with E-state index in [9.17, 15) is 24.3 Å². The molecule has 0 saturated carbocycles. The Morgan fingerprint density at radius 2 is 1.66 bits per heavy atom. The van der Waals surface area contributed by atoms with Gasteiger partial charge in [-0.15, -0.1) is 0 Å². The minimum Gasteiger partial charge on any atom is -0.507 e. The first-order valence-electron chi connectivity index (χ1n) is 12.9. The second-order valence-electron chi connectivity index (χ2n) is 10.5. The maximum absolute atomic E-state index is 13.4. The van der Waals surface area contributed by atoms with Crippen LogP contribution in [-0.2, 0) is 30.3 Å². The van der Waals surface area contributed by atoms with E-state index in [1.807, 2.05) is 13.8 Å². The Morgan fingerprint density at radius 1 is 1.03 bits per heavy atom. The third-order valence-electron chi connectivity index (χ3n) is 6.67. The summed E-state index contributed by atoms with van der Waals surface area (Å²) in [4.78, 5) is 53.6. The first-order chi connectivity index (χ1) is 17.7. The molecule has 1 aromatic carbocycles. The van der Waals surface area contributed by atoms with Crippen molar-refractivity contribution in [2.75, 3.05) is 7.05 Å². The average Bonchev–Trinajstić information content (AvgIpc) is 2.82. The quantitative estimate of drug-likeness (QED) is 0.356. The molecule has 0 aromatic heterocycles. The highest BCUT2D eigenvalue weighted by atomic mass is 79.9. The standard InChI is InChI=1S/C28H40BrN3O6/c1-15-10-16(2)12-18(4)38-28(37)20(6)31-26(35)23(14-21-8-9-24(33)22(29)13-21)32(7)27(36)19(5)30-25(34)17(3)11-15/h8-10,13,16-20,23,33H,11-12,14H2,1-7H3,(H,30,34)(H,31,35)/t16-,17-,18-,19-,20-,23+/m0/s1. The molecular formula is C28H40BrN3O6. The number of ether oxygens (including phenoxy) is 1. The van der Waals surface area contributed by atoms with Crippen LogP contribution < -0.4 is 10.6 Å². The summed E-state index contributed by atoms with van der Waals surface area (Å²) < 4.78 is 6.03. The van der Waals surface area contributed by atoms with E-state index in [4.69, 9.17) is 4.74 Å². The lowest BCUT2D eigenvalue weighted by atomic mass is 9.95. The minimum absolute atomic E-state index is 0.0442. The van der Waals surface area contributed by atoms with Gasteiger partial charge in [0, 0.05) is 19.4 Å². The normalized spacial score (nSPS) is 28.9. The van der Waals surface area contributed by atoms with E-state index in [-0.39, 0.29) is 36.0 Å². The molecule has 0 saturated heterocycles. The van der Waals surface area contributed by atoms with Crippen molar-refractivity contribution in [2.24, 2.45) is 11.8 Å². The van der Waals surface area contributed by atoms with Crippen LogP contribution in [0.25, 0.3) is 0 Å². The lowest BCUT2D eigenvalue weighted by Crippen LogP contribution is -2.56. The summed E-state index contributed by atoms with van der Waals surface area (Å²) in [6.45, 7) is 10.7. The molecule has 1 heterocycles. The van der Waals surface area contributed by atoms with Crippen LogP contribution in [0.15, 0.2) is 34.3 Å². The summed E-state index contributed by atoms with van der Waals surface area (Å²) in [5.74, 6) is -2.00. The highest BCUT2D eigenvalue weighted by molar-refractivity contribution is 9.10. The number of amides is 3. The third-order valence-corrected chi connectivity index (χ3v) is 7.30. The van der Waals surface area contributed by atoms with Gasteiger partial charge in [0.05, 0.1) is 10.6 Å². The number of hydrogen-bond acceptors (Lipinski definition) is 6. The van der Waals surface area contributed by atoms with Gasteiger partial charge in [-0.1, -0.05) is 31.6 Å². The Morgan fingerprint density at radius 3 is 2.29 bits per heavy atom. The van der Waals surface area contributed by atoms with E-state index < -0.39 is 35.9 Å². The number of phenols is 1. The molecule has 10 heteroatoms. The number of hydrogen-bond donors (Lipinski definition) is 3. The van der Waals surface area contributed by atoms with Gasteiger partial charge in [-0.2, -0.15) is 0 Å². The number of nitrogens with zero attached hydrogens (tertiary/aromatic N) is 1. The summed E-state index contributed by atoms with van der Waals surface area (Å²) in [6, 6.07) is 2.00. The smallest absolute Gasteiger partial charge is 0.328 e. The number of carbonyl (C=O) groups excluding carboxylic acids is 4. The van der Waals surface area contributed by atoms with E-state index in [1.54, 1.807) is 39.8 Å². The van der Waals surface area contributed by atoms with E-state index in [0.29, 0.717) is 22.9 Å². The zero-order chi connectivity index (χ0) is 28.7. The van der Waals surface area contributed by atoms with Gasteiger partial charge >= 0.3 is 5.97 Å². The lowest BCUT2D eigenvalue weighted by Gasteiger charge is -2.31. The number of rotatable bonds is 2. The van der Waals surface area contributed by atoms with Gasteiger partial charge in [-0.05, 0) is 80.1 Å². The first-order valence-corrected chi connectivity index (χ1v) is 13.7. The number of carbonyl (C=O) groups is 4. The van der Waals surface area contributed by atoms with Crippen molar-refractivity contribution in [3.63, 3.8) is 0 Å². The number of nitrogens with one attached hydrogen (secondary N) is 2. The first kappa shape index (κ1) is 31.3. The van der Waals surface area contributed by atoms with Crippen molar-refractivity contribution in [2.45, 2.75) is 85.0 Å². The van der Waals surface area contributed by atoms with Crippen LogP contribution in [0.2, 0.25) is 0 Å². The van der Waals surface area contributed by atoms with Crippen molar-refractivity contribution in [3.8, 4) is 5.75 Å². The van der Waals surface area contributed by atoms with E-state index in [0.717, 1.165) is 5.57 Å². The Bertz CT molecular complexity index is 1070. The molecule has 38 heavy (non-hydrogen) atoms. The second-order valence-corrected chi connectivity index (χ2v) is 11.3. The fourth-order valence-corrected chi connectivity index (χ4v) is 5.05. The fourth-order valence-electron chi connectivity index (χ4n) is 4.62. The molecule has 6 atom stereocenters. The zero-order valence-electron chi connectivity index (χ0n) is 23.2. The van der Waals surface area contributed by atoms with Gasteiger partial charge in [-0.25, -0.2) is 4.79 Å². The summed E-state index contributed by atoms with van der Waals surface area (Å²) in [5, 5.41) is 15.3. The van der Waals surface area contributed by atoms with Crippen LogP contribution in [0.4, 0.5) is 0 Å². The van der Waals surface area contributed by atoms with Gasteiger partial charge in [-0.3, -0.25) is 14.4 Å². The van der Waals surface area contributed by atoms with Crippen molar-refractivity contribution in [3.05, 3.63) is 39.9 Å². The maximum atomic E-state index is 13.4. The Balaban J connectivity index is 2.40. The van der Waals surface area contributed by atoms with Crippen molar-refractivity contribution in [1.29, 1.82) is 0 Å². The molecule has 0 fully saturated rings. The van der Waals surface area contributed by atoms with Gasteiger partial charge in [0.2, 0.25) is 17.7 Å². The molecule has 0 aliphatic carbocycles. The molecule has 0 spiro atoms. The average molecular weight is 595 g/mol. The third kappa shape index (κ3) is 8.85. The van der Waals surface area contributed by atoms with Crippen molar-refractivity contribution >= 4 is 39.6 Å². The Labute approximate surface area is 233 Å². The Kier molecular flexibility index (Phi) is 11.4. The molecule has 3 N–H and O–H groups in total. The van der Waals surface area contributed by atoms with Crippen LogP contribution in [0.5, 0.6) is 5.75 Å². The fraction of sp³-hybridized carbons (Fsp3) is 0.571. The molecule has 1 aliphatic rings. The highest BCUT2D eigenvalue weighted by Gasteiger charge is 2.33.